The van der Waals surface area contributed by atoms with Gasteiger partial charge in [0.2, 0.25) is 0 Å². The van der Waals surface area contributed by atoms with Gasteiger partial charge in [-0.25, -0.2) is 0 Å². The summed E-state index contributed by atoms with van der Waals surface area (Å²) in [5, 5.41) is 3.24. The summed E-state index contributed by atoms with van der Waals surface area (Å²) in [6, 6.07) is 3.96. The molecule has 2 unspecified atom stereocenters. The number of hydrogen-bond donors (Lipinski definition) is 1. The van der Waals surface area contributed by atoms with Gasteiger partial charge in [0.25, 0.3) is 0 Å². The SMILES string of the molecule is CNC(c1ccco1)C(OC)C(C)(C)C. The minimum absolute atomic E-state index is 0.0647. The van der Waals surface area contributed by atoms with E-state index in [2.05, 4.69) is 26.1 Å². The van der Waals surface area contributed by atoms with Crippen LogP contribution in [0.3, 0.4) is 0 Å². The number of rotatable bonds is 4. The van der Waals surface area contributed by atoms with Crippen LogP contribution in [0.4, 0.5) is 0 Å². The summed E-state index contributed by atoms with van der Waals surface area (Å²) in [5.74, 6) is 0.916. The highest BCUT2D eigenvalue weighted by Crippen LogP contribution is 2.32. The first-order valence-electron chi connectivity index (χ1n) is 5.24. The highest BCUT2D eigenvalue weighted by atomic mass is 16.5. The van der Waals surface area contributed by atoms with Gasteiger partial charge in [-0.15, -0.1) is 0 Å². The van der Waals surface area contributed by atoms with Crippen molar-refractivity contribution in [3.05, 3.63) is 24.2 Å². The van der Waals surface area contributed by atoms with Gasteiger partial charge in [-0.05, 0) is 24.6 Å². The number of furan rings is 1. The molecule has 1 rings (SSSR count). The van der Waals surface area contributed by atoms with Crippen LogP contribution >= 0.6 is 0 Å². The molecule has 3 nitrogen and oxygen atoms in total. The number of ether oxygens (including phenoxy) is 1. The summed E-state index contributed by atoms with van der Waals surface area (Å²) < 4.78 is 11.0. The molecule has 2 atom stereocenters. The van der Waals surface area contributed by atoms with E-state index in [1.54, 1.807) is 13.4 Å². The number of hydrogen-bond acceptors (Lipinski definition) is 3. The van der Waals surface area contributed by atoms with Crippen LogP contribution in [0, 0.1) is 5.41 Å². The number of nitrogens with one attached hydrogen (secondary N) is 1. The first-order valence-corrected chi connectivity index (χ1v) is 5.24. The number of methoxy groups -OCH3 is 1. The van der Waals surface area contributed by atoms with Crippen LogP contribution in [-0.2, 0) is 4.74 Å². The fraction of sp³-hybridized carbons (Fsp3) is 0.667. The van der Waals surface area contributed by atoms with Crippen LogP contribution in [0.2, 0.25) is 0 Å². The van der Waals surface area contributed by atoms with Crippen LogP contribution in [0.25, 0.3) is 0 Å². The second-order valence-electron chi connectivity index (χ2n) is 4.80. The van der Waals surface area contributed by atoms with Crippen molar-refractivity contribution in [1.82, 2.24) is 5.32 Å². The predicted octanol–water partition coefficient (Wildman–Crippen LogP) is 2.60. The second-order valence-corrected chi connectivity index (χ2v) is 4.80. The molecule has 0 saturated carbocycles. The molecule has 3 heteroatoms. The molecular formula is C12H21NO2. The maximum atomic E-state index is 5.57. The van der Waals surface area contributed by atoms with Crippen molar-refractivity contribution in [2.75, 3.05) is 14.2 Å². The van der Waals surface area contributed by atoms with E-state index in [0.717, 1.165) is 5.76 Å². The minimum atomic E-state index is 0.0647. The monoisotopic (exact) mass is 211 g/mol. The molecule has 0 spiro atoms. The van der Waals surface area contributed by atoms with Gasteiger partial charge in [0, 0.05) is 7.11 Å². The number of likely N-dealkylation sites (N-methyl/N-ethyl adjacent to an activating group) is 1. The Kier molecular flexibility index (Phi) is 3.94. The van der Waals surface area contributed by atoms with Crippen molar-refractivity contribution >= 4 is 0 Å². The zero-order valence-corrected chi connectivity index (χ0v) is 10.2. The summed E-state index contributed by atoms with van der Waals surface area (Å²) in [4.78, 5) is 0. The summed E-state index contributed by atoms with van der Waals surface area (Å²) in [7, 11) is 3.66. The molecule has 15 heavy (non-hydrogen) atoms. The highest BCUT2D eigenvalue weighted by molar-refractivity contribution is 5.08. The molecule has 0 saturated heterocycles. The average molecular weight is 211 g/mol. The van der Waals surface area contributed by atoms with Gasteiger partial charge in [0.05, 0.1) is 18.4 Å². The van der Waals surface area contributed by atoms with E-state index in [1.807, 2.05) is 19.2 Å². The molecule has 0 aliphatic carbocycles. The first kappa shape index (κ1) is 12.3. The van der Waals surface area contributed by atoms with Gasteiger partial charge in [-0.3, -0.25) is 0 Å². The van der Waals surface area contributed by atoms with Gasteiger partial charge in [-0.1, -0.05) is 20.8 Å². The minimum Gasteiger partial charge on any atom is -0.468 e. The van der Waals surface area contributed by atoms with Crippen LogP contribution in [0.15, 0.2) is 22.8 Å². The molecule has 1 aromatic heterocycles. The zero-order valence-electron chi connectivity index (χ0n) is 10.2. The van der Waals surface area contributed by atoms with Gasteiger partial charge in [0.1, 0.15) is 5.76 Å². The maximum absolute atomic E-state index is 5.57. The predicted molar refractivity (Wildman–Crippen MR) is 60.8 cm³/mol. The molecule has 0 aliphatic rings. The summed E-state index contributed by atoms with van der Waals surface area (Å²) in [6.45, 7) is 6.48. The Hall–Kier alpha value is -0.800. The fourth-order valence-corrected chi connectivity index (χ4v) is 1.90. The van der Waals surface area contributed by atoms with E-state index in [-0.39, 0.29) is 17.6 Å². The van der Waals surface area contributed by atoms with E-state index in [0.29, 0.717) is 0 Å². The van der Waals surface area contributed by atoms with E-state index >= 15 is 0 Å². The van der Waals surface area contributed by atoms with Crippen molar-refractivity contribution in [2.24, 2.45) is 5.41 Å². The zero-order chi connectivity index (χ0) is 11.5. The van der Waals surface area contributed by atoms with Crippen LogP contribution < -0.4 is 5.32 Å². The lowest BCUT2D eigenvalue weighted by Crippen LogP contribution is -2.40. The summed E-state index contributed by atoms with van der Waals surface area (Å²) in [5.41, 5.74) is 0.0647. The van der Waals surface area contributed by atoms with Gasteiger partial charge in [0.15, 0.2) is 0 Å². The lowest BCUT2D eigenvalue weighted by molar-refractivity contribution is -0.0151. The van der Waals surface area contributed by atoms with Crippen molar-refractivity contribution in [3.63, 3.8) is 0 Å². The lowest BCUT2D eigenvalue weighted by Gasteiger charge is -2.34. The Labute approximate surface area is 91.8 Å². The molecule has 0 aromatic carbocycles. The molecular weight excluding hydrogens is 190 g/mol. The Morgan fingerprint density at radius 1 is 1.40 bits per heavy atom. The molecule has 0 amide bonds. The van der Waals surface area contributed by atoms with Crippen LogP contribution in [-0.4, -0.2) is 20.3 Å². The third-order valence-corrected chi connectivity index (χ3v) is 2.57. The smallest absolute Gasteiger partial charge is 0.123 e. The standard InChI is InChI=1S/C12H21NO2/c1-12(2,3)11(14-5)10(13-4)9-7-6-8-15-9/h6-8,10-11,13H,1-5H3. The third-order valence-electron chi connectivity index (χ3n) is 2.57. The topological polar surface area (TPSA) is 34.4 Å². The van der Waals surface area contributed by atoms with E-state index in [1.165, 1.54) is 0 Å². The molecule has 1 heterocycles. The highest BCUT2D eigenvalue weighted by Gasteiger charge is 2.33. The van der Waals surface area contributed by atoms with Crippen LogP contribution in [0.5, 0.6) is 0 Å². The normalized spacial score (nSPS) is 16.3. The molecule has 0 aliphatic heterocycles. The largest absolute Gasteiger partial charge is 0.468 e. The molecule has 0 radical (unpaired) electrons. The molecule has 1 aromatic rings. The Balaban J connectivity index is 2.90. The Morgan fingerprint density at radius 2 is 2.07 bits per heavy atom. The first-order chi connectivity index (χ1) is 7.00. The van der Waals surface area contributed by atoms with Crippen molar-refractivity contribution < 1.29 is 9.15 Å². The Morgan fingerprint density at radius 3 is 2.40 bits per heavy atom. The quantitative estimate of drug-likeness (QED) is 0.831. The molecule has 0 fully saturated rings. The van der Waals surface area contributed by atoms with Gasteiger partial charge in [-0.2, -0.15) is 0 Å². The molecule has 0 bridgehead atoms. The van der Waals surface area contributed by atoms with Gasteiger partial charge < -0.3 is 14.5 Å². The van der Waals surface area contributed by atoms with Gasteiger partial charge >= 0.3 is 0 Å². The van der Waals surface area contributed by atoms with Crippen molar-refractivity contribution in [1.29, 1.82) is 0 Å². The Bertz CT molecular complexity index is 274. The van der Waals surface area contributed by atoms with E-state index in [4.69, 9.17) is 9.15 Å². The summed E-state index contributed by atoms with van der Waals surface area (Å²) in [6.07, 6.45) is 1.77. The average Bonchev–Trinajstić information content (AvgIpc) is 2.64. The second kappa shape index (κ2) is 4.81. The maximum Gasteiger partial charge on any atom is 0.123 e. The fourth-order valence-electron chi connectivity index (χ4n) is 1.90. The van der Waals surface area contributed by atoms with E-state index < -0.39 is 0 Å². The van der Waals surface area contributed by atoms with Crippen molar-refractivity contribution in [3.8, 4) is 0 Å². The molecule has 86 valence electrons. The van der Waals surface area contributed by atoms with Crippen LogP contribution in [0.1, 0.15) is 32.6 Å². The molecule has 1 N–H and O–H groups in total. The summed E-state index contributed by atoms with van der Waals surface area (Å²) >= 11 is 0. The van der Waals surface area contributed by atoms with Crippen molar-refractivity contribution in [2.45, 2.75) is 32.9 Å². The third kappa shape index (κ3) is 2.83. The lowest BCUT2D eigenvalue weighted by atomic mass is 9.83. The van der Waals surface area contributed by atoms with E-state index in [9.17, 15) is 0 Å².